The second kappa shape index (κ2) is 12.5. The van der Waals surface area contributed by atoms with Gasteiger partial charge >= 0.3 is 6.09 Å². The van der Waals surface area contributed by atoms with Crippen LogP contribution in [-0.2, 0) is 23.4 Å². The van der Waals surface area contributed by atoms with Crippen LogP contribution in [0.1, 0.15) is 75.0 Å². The Kier molecular flexibility index (Phi) is 8.68. The van der Waals surface area contributed by atoms with Gasteiger partial charge in [0, 0.05) is 47.6 Å². The lowest BCUT2D eigenvalue weighted by Gasteiger charge is -2.41. The third kappa shape index (κ3) is 6.26. The van der Waals surface area contributed by atoms with Crippen molar-refractivity contribution >= 4 is 24.2 Å². The van der Waals surface area contributed by atoms with E-state index in [-0.39, 0.29) is 30.5 Å². The minimum absolute atomic E-state index is 0.159. The fourth-order valence-electron chi connectivity index (χ4n) is 5.75. The van der Waals surface area contributed by atoms with Crippen molar-refractivity contribution in [3.8, 4) is 11.5 Å². The van der Waals surface area contributed by atoms with Gasteiger partial charge in [-0.05, 0) is 68.7 Å². The molecule has 1 N–H and O–H groups in total. The highest BCUT2D eigenvalue weighted by atomic mass is 16.6. The largest absolute Gasteiger partial charge is 0.497 e. The Morgan fingerprint density at radius 3 is 2.47 bits per heavy atom. The van der Waals surface area contributed by atoms with Crippen LogP contribution in [-0.4, -0.2) is 60.4 Å². The molecule has 1 spiro atoms. The average molecular weight is 612 g/mol. The highest BCUT2D eigenvalue weighted by Gasteiger charge is 2.50. The van der Waals surface area contributed by atoms with Gasteiger partial charge < -0.3 is 24.4 Å². The molecule has 2 aliphatic rings. The van der Waals surface area contributed by atoms with E-state index in [1.807, 2.05) is 51.1 Å². The van der Waals surface area contributed by atoms with Gasteiger partial charge in [-0.3, -0.25) is 19.3 Å². The molecule has 0 radical (unpaired) electrons. The summed E-state index contributed by atoms with van der Waals surface area (Å²) in [6.45, 7) is 6.18. The molecule has 2 aliphatic heterocycles. The van der Waals surface area contributed by atoms with Crippen molar-refractivity contribution in [3.05, 3.63) is 106 Å². The zero-order valence-corrected chi connectivity index (χ0v) is 26.1. The van der Waals surface area contributed by atoms with E-state index in [0.717, 1.165) is 16.7 Å². The number of carbonyl (C=O) groups is 4. The van der Waals surface area contributed by atoms with E-state index in [1.54, 1.807) is 61.7 Å². The summed E-state index contributed by atoms with van der Waals surface area (Å²) in [4.78, 5) is 54.6. The number of rotatable bonds is 8. The number of nitrogens with one attached hydrogen (secondary N) is 1. The molecule has 0 saturated heterocycles. The molecule has 0 aromatic heterocycles. The molecule has 1 unspecified atom stereocenters. The topological polar surface area (TPSA) is 114 Å². The van der Waals surface area contributed by atoms with Gasteiger partial charge in [-0.25, -0.2) is 4.79 Å². The minimum atomic E-state index is -0.875. The molecular formula is C35H37N3O7. The molecular weight excluding hydrogens is 574 g/mol. The molecule has 0 fully saturated rings. The van der Waals surface area contributed by atoms with Crippen LogP contribution >= 0.6 is 0 Å². The molecule has 0 aliphatic carbocycles. The van der Waals surface area contributed by atoms with Gasteiger partial charge in [0.25, 0.3) is 11.8 Å². The van der Waals surface area contributed by atoms with Crippen LogP contribution in [0.15, 0.2) is 72.9 Å². The lowest BCUT2D eigenvalue weighted by Crippen LogP contribution is -2.48. The molecule has 10 heteroatoms. The zero-order valence-electron chi connectivity index (χ0n) is 26.1. The van der Waals surface area contributed by atoms with Crippen LogP contribution in [0.4, 0.5) is 4.79 Å². The van der Waals surface area contributed by atoms with E-state index < -0.39 is 17.2 Å². The molecule has 10 nitrogen and oxygen atoms in total. The van der Waals surface area contributed by atoms with Crippen LogP contribution in [0.5, 0.6) is 11.5 Å². The average Bonchev–Trinajstić information content (AvgIpc) is 3.25. The smallest absolute Gasteiger partial charge is 0.414 e. The zero-order chi connectivity index (χ0) is 32.4. The van der Waals surface area contributed by atoms with Crippen molar-refractivity contribution in [1.82, 2.24) is 15.1 Å². The third-order valence-electron chi connectivity index (χ3n) is 8.01. The molecule has 45 heavy (non-hydrogen) atoms. The van der Waals surface area contributed by atoms with E-state index in [0.29, 0.717) is 41.9 Å². The van der Waals surface area contributed by atoms with E-state index in [1.165, 1.54) is 4.90 Å². The molecule has 3 amide bonds. The predicted octanol–water partition coefficient (Wildman–Crippen LogP) is 5.45. The summed E-state index contributed by atoms with van der Waals surface area (Å²) in [5, 5.41) is 2.89. The summed E-state index contributed by atoms with van der Waals surface area (Å²) in [6, 6.07) is 17.6. The number of hydrogen-bond acceptors (Lipinski definition) is 7. The van der Waals surface area contributed by atoms with Crippen LogP contribution in [0, 0.1) is 0 Å². The number of carbonyl (C=O) groups excluding carboxylic acids is 4. The van der Waals surface area contributed by atoms with Crippen molar-refractivity contribution in [2.24, 2.45) is 0 Å². The van der Waals surface area contributed by atoms with Gasteiger partial charge in [0.05, 0.1) is 26.3 Å². The first-order chi connectivity index (χ1) is 21.5. The maximum Gasteiger partial charge on any atom is 0.414 e. The van der Waals surface area contributed by atoms with Crippen molar-refractivity contribution in [3.63, 3.8) is 0 Å². The maximum absolute atomic E-state index is 14.1. The van der Waals surface area contributed by atoms with Gasteiger partial charge in [-0.2, -0.15) is 0 Å². The van der Waals surface area contributed by atoms with Gasteiger partial charge in [0.1, 0.15) is 17.1 Å². The third-order valence-corrected chi connectivity index (χ3v) is 8.01. The number of methoxy groups -OCH3 is 2. The number of amides is 3. The fraction of sp³-hybridized carbons (Fsp3) is 0.314. The molecule has 0 saturated carbocycles. The van der Waals surface area contributed by atoms with E-state index in [4.69, 9.17) is 14.2 Å². The van der Waals surface area contributed by atoms with Crippen molar-refractivity contribution in [1.29, 1.82) is 0 Å². The van der Waals surface area contributed by atoms with E-state index in [2.05, 4.69) is 5.32 Å². The Bertz CT molecular complexity index is 1680. The summed E-state index contributed by atoms with van der Waals surface area (Å²) < 4.78 is 16.6. The van der Waals surface area contributed by atoms with Crippen molar-refractivity contribution < 1.29 is 33.4 Å². The van der Waals surface area contributed by atoms with Crippen molar-refractivity contribution in [2.45, 2.75) is 51.4 Å². The lowest BCUT2D eigenvalue weighted by molar-refractivity contribution is 0.0268. The SMILES string of the molecule is COc1ccc(CN2C(=O)c3ccc(CNC(=O)c4ccccc4C=O)cc3C23C=CN(C(=O)OC(C)(C)C)CC3)c(OC)c1. The number of ether oxygens (including phenoxy) is 3. The molecule has 0 bridgehead atoms. The maximum atomic E-state index is 14.1. The van der Waals surface area contributed by atoms with E-state index >= 15 is 0 Å². The number of nitrogens with zero attached hydrogens (tertiary/aromatic N) is 2. The highest BCUT2D eigenvalue weighted by molar-refractivity contribution is 6.02. The first-order valence-corrected chi connectivity index (χ1v) is 14.7. The molecule has 3 aromatic carbocycles. The summed E-state index contributed by atoms with van der Waals surface area (Å²) in [5.74, 6) is 0.688. The molecule has 5 rings (SSSR count). The summed E-state index contributed by atoms with van der Waals surface area (Å²) in [7, 11) is 3.15. The first kappa shape index (κ1) is 31.3. The molecule has 3 aromatic rings. The number of fused-ring (bicyclic) bond motifs is 2. The predicted molar refractivity (Wildman–Crippen MR) is 167 cm³/mol. The molecule has 2 heterocycles. The normalized spacial score (nSPS) is 17.2. The molecule has 234 valence electrons. The van der Waals surface area contributed by atoms with Crippen LogP contribution in [0.3, 0.4) is 0 Å². The molecule has 1 atom stereocenters. The summed E-state index contributed by atoms with van der Waals surface area (Å²) in [6.07, 6.45) is 4.17. The fourth-order valence-corrected chi connectivity index (χ4v) is 5.75. The minimum Gasteiger partial charge on any atom is -0.497 e. The Morgan fingerprint density at radius 2 is 1.80 bits per heavy atom. The highest BCUT2D eigenvalue weighted by Crippen LogP contribution is 2.46. The summed E-state index contributed by atoms with van der Waals surface area (Å²) >= 11 is 0. The standard InChI is InChI=1S/C35H37N3O7/c1-34(2,3)45-33(42)37-16-14-35(15-17-37)29-18-23(20-36-31(40)27-9-7-6-8-25(27)22-39)10-13-28(29)32(41)38(35)21-24-11-12-26(43-4)19-30(24)44-5/h6-14,16,18-19,22H,15,17,20-21H2,1-5H3,(H,36,40). The number of aldehydes is 1. The van der Waals surface area contributed by atoms with Gasteiger partial charge in [-0.1, -0.05) is 30.3 Å². The first-order valence-electron chi connectivity index (χ1n) is 14.7. The van der Waals surface area contributed by atoms with Gasteiger partial charge in [-0.15, -0.1) is 0 Å². The Balaban J connectivity index is 1.49. The number of hydrogen-bond donors (Lipinski definition) is 1. The van der Waals surface area contributed by atoms with Crippen LogP contribution < -0.4 is 14.8 Å². The monoisotopic (exact) mass is 611 g/mol. The van der Waals surface area contributed by atoms with Gasteiger partial charge in [0.15, 0.2) is 6.29 Å². The Hall–Kier alpha value is -5.12. The van der Waals surface area contributed by atoms with Crippen LogP contribution in [0.25, 0.3) is 0 Å². The second-order valence-electron chi connectivity index (χ2n) is 12.0. The quantitative estimate of drug-likeness (QED) is 0.337. The second-order valence-corrected chi connectivity index (χ2v) is 12.0. The van der Waals surface area contributed by atoms with E-state index in [9.17, 15) is 19.2 Å². The Labute approximate surface area is 262 Å². The Morgan fingerprint density at radius 1 is 1.02 bits per heavy atom. The number of benzene rings is 3. The van der Waals surface area contributed by atoms with Gasteiger partial charge in [0.2, 0.25) is 0 Å². The van der Waals surface area contributed by atoms with Crippen LogP contribution in [0.2, 0.25) is 0 Å². The van der Waals surface area contributed by atoms with Crippen molar-refractivity contribution in [2.75, 3.05) is 20.8 Å². The lowest BCUT2D eigenvalue weighted by atomic mass is 9.83. The summed E-state index contributed by atoms with van der Waals surface area (Å²) in [5.41, 5.74) is 1.96.